The van der Waals surface area contributed by atoms with Gasteiger partial charge in [0.2, 0.25) is 0 Å². The third-order valence-corrected chi connectivity index (χ3v) is 5.36. The summed E-state index contributed by atoms with van der Waals surface area (Å²) < 4.78 is 2.14. The Kier molecular flexibility index (Phi) is 9.42. The number of imidazole rings is 1. The molecular weight excluding hydrogens is 351 g/mol. The molecule has 1 aromatic carbocycles. The predicted molar refractivity (Wildman–Crippen MR) is 109 cm³/mol. The van der Waals surface area contributed by atoms with E-state index in [0.717, 1.165) is 18.0 Å². The summed E-state index contributed by atoms with van der Waals surface area (Å²) >= 11 is 12.5. The van der Waals surface area contributed by atoms with Gasteiger partial charge >= 0.3 is 0 Å². The zero-order valence-electron chi connectivity index (χ0n) is 15.3. The molecule has 4 heteroatoms. The Morgan fingerprint density at radius 3 is 2.36 bits per heavy atom. The minimum absolute atomic E-state index is 0.402. The standard InChI is InChI=1S/C21H30Cl2N2/c1-2-3-4-5-6-7-8-9-10-18(16-25-14-13-24-17-25)20-12-11-19(22)15-21(20)23/h11-15,17-18H,2-10,16H2,1H3. The zero-order valence-corrected chi connectivity index (χ0v) is 16.8. The van der Waals surface area contributed by atoms with Gasteiger partial charge in [-0.15, -0.1) is 0 Å². The second kappa shape index (κ2) is 11.6. The Morgan fingerprint density at radius 2 is 1.72 bits per heavy atom. The van der Waals surface area contributed by atoms with Gasteiger partial charge in [-0.25, -0.2) is 4.98 Å². The van der Waals surface area contributed by atoms with E-state index in [4.69, 9.17) is 23.2 Å². The van der Waals surface area contributed by atoms with Crippen molar-refractivity contribution in [3.8, 4) is 0 Å². The van der Waals surface area contributed by atoms with Crippen molar-refractivity contribution in [2.24, 2.45) is 0 Å². The van der Waals surface area contributed by atoms with Gasteiger partial charge in [0.1, 0.15) is 0 Å². The van der Waals surface area contributed by atoms with E-state index in [-0.39, 0.29) is 0 Å². The Morgan fingerprint density at radius 1 is 1.00 bits per heavy atom. The highest BCUT2D eigenvalue weighted by atomic mass is 35.5. The average Bonchev–Trinajstić information content (AvgIpc) is 3.09. The molecule has 1 heterocycles. The topological polar surface area (TPSA) is 17.8 Å². The summed E-state index contributed by atoms with van der Waals surface area (Å²) in [6.45, 7) is 3.18. The lowest BCUT2D eigenvalue weighted by molar-refractivity contribution is 0.484. The first kappa shape index (κ1) is 20.3. The molecule has 2 rings (SSSR count). The zero-order chi connectivity index (χ0) is 17.9. The molecule has 1 aromatic heterocycles. The Labute approximate surface area is 162 Å². The van der Waals surface area contributed by atoms with Crippen molar-refractivity contribution >= 4 is 23.2 Å². The number of benzene rings is 1. The predicted octanol–water partition coefficient (Wildman–Crippen LogP) is 7.50. The minimum atomic E-state index is 0.402. The fourth-order valence-corrected chi connectivity index (χ4v) is 3.91. The van der Waals surface area contributed by atoms with Crippen molar-refractivity contribution in [2.45, 2.75) is 77.2 Å². The van der Waals surface area contributed by atoms with Crippen LogP contribution in [0, 0.1) is 0 Å². The number of unbranched alkanes of at least 4 members (excludes halogenated alkanes) is 7. The molecule has 0 N–H and O–H groups in total. The van der Waals surface area contributed by atoms with Gasteiger partial charge in [-0.3, -0.25) is 0 Å². The maximum absolute atomic E-state index is 6.47. The lowest BCUT2D eigenvalue weighted by atomic mass is 9.92. The highest BCUT2D eigenvalue weighted by molar-refractivity contribution is 6.35. The smallest absolute Gasteiger partial charge is 0.0946 e. The lowest BCUT2D eigenvalue weighted by Crippen LogP contribution is -2.09. The first-order valence-corrected chi connectivity index (χ1v) is 10.4. The van der Waals surface area contributed by atoms with Crippen LogP contribution in [0.5, 0.6) is 0 Å². The molecular formula is C21H30Cl2N2. The normalized spacial score (nSPS) is 12.4. The molecule has 1 unspecified atom stereocenters. The summed E-state index contributed by atoms with van der Waals surface area (Å²) in [7, 11) is 0. The minimum Gasteiger partial charge on any atom is -0.337 e. The van der Waals surface area contributed by atoms with Crippen LogP contribution in [0.25, 0.3) is 0 Å². The van der Waals surface area contributed by atoms with Crippen LogP contribution in [0.2, 0.25) is 10.0 Å². The third kappa shape index (κ3) is 7.42. The molecule has 0 saturated carbocycles. The van der Waals surface area contributed by atoms with Crippen LogP contribution < -0.4 is 0 Å². The monoisotopic (exact) mass is 380 g/mol. The SMILES string of the molecule is CCCCCCCCCCC(Cn1ccnc1)c1ccc(Cl)cc1Cl. The molecule has 0 saturated heterocycles. The van der Waals surface area contributed by atoms with Crippen LogP contribution in [0.15, 0.2) is 36.9 Å². The maximum Gasteiger partial charge on any atom is 0.0946 e. The quantitative estimate of drug-likeness (QED) is 0.348. The summed E-state index contributed by atoms with van der Waals surface area (Å²) in [5.41, 5.74) is 1.20. The van der Waals surface area contributed by atoms with Gasteiger partial charge in [0.25, 0.3) is 0 Å². The van der Waals surface area contributed by atoms with Crippen LogP contribution in [0.4, 0.5) is 0 Å². The van der Waals surface area contributed by atoms with E-state index < -0.39 is 0 Å². The van der Waals surface area contributed by atoms with Crippen LogP contribution in [-0.4, -0.2) is 9.55 Å². The van der Waals surface area contributed by atoms with Crippen LogP contribution in [-0.2, 0) is 6.54 Å². The number of halogens is 2. The van der Waals surface area contributed by atoms with Crippen molar-refractivity contribution in [1.82, 2.24) is 9.55 Å². The molecule has 25 heavy (non-hydrogen) atoms. The van der Waals surface area contributed by atoms with E-state index in [1.807, 2.05) is 30.9 Å². The lowest BCUT2D eigenvalue weighted by Gasteiger charge is -2.19. The molecule has 1 atom stereocenters. The first-order valence-electron chi connectivity index (χ1n) is 9.61. The third-order valence-electron chi connectivity index (χ3n) is 4.80. The van der Waals surface area contributed by atoms with Crippen molar-refractivity contribution in [2.75, 3.05) is 0 Å². The maximum atomic E-state index is 6.47. The molecule has 138 valence electrons. The number of hydrogen-bond acceptors (Lipinski definition) is 1. The van der Waals surface area contributed by atoms with Crippen molar-refractivity contribution in [3.63, 3.8) is 0 Å². The van der Waals surface area contributed by atoms with Crippen LogP contribution in [0.1, 0.15) is 76.2 Å². The summed E-state index contributed by atoms with van der Waals surface area (Å²) in [6, 6.07) is 5.88. The Balaban J connectivity index is 1.85. The van der Waals surface area contributed by atoms with Gasteiger partial charge in [0, 0.05) is 34.9 Å². The summed E-state index contributed by atoms with van der Waals surface area (Å²) in [4.78, 5) is 4.16. The molecule has 0 aliphatic rings. The molecule has 0 aliphatic heterocycles. The van der Waals surface area contributed by atoms with E-state index in [1.165, 1.54) is 56.9 Å². The van der Waals surface area contributed by atoms with Gasteiger partial charge in [-0.05, 0) is 24.1 Å². The molecule has 0 spiro atoms. The molecule has 0 aliphatic carbocycles. The highest BCUT2D eigenvalue weighted by Crippen LogP contribution is 2.32. The molecule has 0 radical (unpaired) electrons. The molecule has 0 fully saturated rings. The Bertz CT molecular complexity index is 596. The van der Waals surface area contributed by atoms with Crippen LogP contribution >= 0.6 is 23.2 Å². The van der Waals surface area contributed by atoms with Gasteiger partial charge in [0.15, 0.2) is 0 Å². The number of rotatable bonds is 12. The fourth-order valence-electron chi connectivity index (χ4n) is 3.35. The van der Waals surface area contributed by atoms with Crippen molar-refractivity contribution in [3.05, 3.63) is 52.5 Å². The van der Waals surface area contributed by atoms with E-state index in [2.05, 4.69) is 22.5 Å². The fraction of sp³-hybridized carbons (Fsp3) is 0.571. The number of hydrogen-bond donors (Lipinski definition) is 0. The summed E-state index contributed by atoms with van der Waals surface area (Å²) in [6.07, 6.45) is 17.6. The van der Waals surface area contributed by atoms with Crippen molar-refractivity contribution in [1.29, 1.82) is 0 Å². The summed E-state index contributed by atoms with van der Waals surface area (Å²) in [5, 5.41) is 1.47. The van der Waals surface area contributed by atoms with Gasteiger partial charge in [-0.1, -0.05) is 87.6 Å². The average molecular weight is 381 g/mol. The van der Waals surface area contributed by atoms with E-state index in [1.54, 1.807) is 0 Å². The van der Waals surface area contributed by atoms with Crippen LogP contribution in [0.3, 0.4) is 0 Å². The number of aromatic nitrogens is 2. The van der Waals surface area contributed by atoms with E-state index >= 15 is 0 Å². The molecule has 0 amide bonds. The Hall–Kier alpha value is -0.990. The largest absolute Gasteiger partial charge is 0.337 e. The second-order valence-electron chi connectivity index (χ2n) is 6.89. The summed E-state index contributed by atoms with van der Waals surface area (Å²) in [5.74, 6) is 0.402. The van der Waals surface area contributed by atoms with Gasteiger partial charge in [0.05, 0.1) is 6.33 Å². The van der Waals surface area contributed by atoms with E-state index in [0.29, 0.717) is 10.9 Å². The number of nitrogens with zero attached hydrogens (tertiary/aromatic N) is 2. The first-order chi connectivity index (χ1) is 12.2. The molecule has 2 nitrogen and oxygen atoms in total. The van der Waals surface area contributed by atoms with Crippen molar-refractivity contribution < 1.29 is 0 Å². The molecule has 2 aromatic rings. The van der Waals surface area contributed by atoms with E-state index in [9.17, 15) is 0 Å². The highest BCUT2D eigenvalue weighted by Gasteiger charge is 2.15. The molecule has 0 bridgehead atoms. The second-order valence-corrected chi connectivity index (χ2v) is 7.73. The van der Waals surface area contributed by atoms with Gasteiger partial charge in [-0.2, -0.15) is 0 Å². The van der Waals surface area contributed by atoms with Gasteiger partial charge < -0.3 is 4.57 Å².